The molecule has 94 valence electrons. The molecule has 0 aromatic carbocycles. The molecule has 17 heavy (non-hydrogen) atoms. The average Bonchev–Trinajstić information content (AvgIpc) is 2.97. The van der Waals surface area contributed by atoms with Gasteiger partial charge in [-0.25, -0.2) is 0 Å². The minimum Gasteiger partial charge on any atom is -0.379 e. The molecule has 1 aliphatic heterocycles. The van der Waals surface area contributed by atoms with E-state index in [0.29, 0.717) is 19.8 Å². The number of hydrogen-bond donors (Lipinski definition) is 3. The largest absolute Gasteiger partial charge is 0.379 e. The second-order valence-electron chi connectivity index (χ2n) is 4.25. The van der Waals surface area contributed by atoms with Crippen molar-refractivity contribution in [3.8, 4) is 0 Å². The third-order valence-corrected chi connectivity index (χ3v) is 3.01. The quantitative estimate of drug-likeness (QED) is 0.688. The van der Waals surface area contributed by atoms with Crippen LogP contribution in [0.4, 0.5) is 0 Å². The summed E-state index contributed by atoms with van der Waals surface area (Å²) in [4.78, 5) is 14.9. The number of carbonyl (C=O) groups excluding carboxylic acids is 1. The molecule has 1 fully saturated rings. The maximum Gasteiger partial charge on any atom is 0.227 e. The molecule has 1 aromatic rings. The maximum absolute atomic E-state index is 12.0. The minimum absolute atomic E-state index is 0.0645. The molecule has 1 aromatic heterocycles. The number of carbonyl (C=O) groups is 1. The number of likely N-dealkylation sites (N-methyl/N-ethyl adjacent to an activating group) is 1. The lowest BCUT2D eigenvalue weighted by Gasteiger charge is -2.17. The van der Waals surface area contributed by atoms with E-state index in [1.165, 1.54) is 0 Å². The number of H-pyrrole nitrogens is 1. The van der Waals surface area contributed by atoms with Gasteiger partial charge >= 0.3 is 0 Å². The lowest BCUT2D eigenvalue weighted by atomic mass is 10.0. The molecular formula is C12H19N3O2. The number of aromatic amines is 1. The van der Waals surface area contributed by atoms with E-state index in [2.05, 4.69) is 15.6 Å². The Balaban J connectivity index is 1.82. The van der Waals surface area contributed by atoms with Crippen molar-refractivity contribution in [1.82, 2.24) is 15.6 Å². The average molecular weight is 237 g/mol. The Morgan fingerprint density at radius 2 is 2.47 bits per heavy atom. The van der Waals surface area contributed by atoms with E-state index >= 15 is 0 Å². The van der Waals surface area contributed by atoms with Gasteiger partial charge in [-0.15, -0.1) is 0 Å². The molecule has 0 saturated carbocycles. The van der Waals surface area contributed by atoms with Gasteiger partial charge in [-0.05, 0) is 18.2 Å². The molecule has 2 rings (SSSR count). The number of nitrogens with one attached hydrogen (secondary N) is 3. The van der Waals surface area contributed by atoms with Crippen molar-refractivity contribution in [2.24, 2.45) is 5.92 Å². The molecule has 0 spiro atoms. The van der Waals surface area contributed by atoms with Crippen LogP contribution in [0.5, 0.6) is 0 Å². The third kappa shape index (κ3) is 3.08. The first-order valence-corrected chi connectivity index (χ1v) is 6.01. The highest BCUT2D eigenvalue weighted by atomic mass is 16.5. The molecule has 5 heteroatoms. The molecule has 2 unspecified atom stereocenters. The van der Waals surface area contributed by atoms with Crippen LogP contribution in [0, 0.1) is 5.92 Å². The van der Waals surface area contributed by atoms with Crippen molar-refractivity contribution in [2.45, 2.75) is 19.5 Å². The Morgan fingerprint density at radius 1 is 1.59 bits per heavy atom. The highest BCUT2D eigenvalue weighted by Crippen LogP contribution is 2.14. The van der Waals surface area contributed by atoms with Crippen LogP contribution >= 0.6 is 0 Å². The summed E-state index contributed by atoms with van der Waals surface area (Å²) in [6, 6.07) is 2.10. The predicted molar refractivity (Wildman–Crippen MR) is 64.4 cm³/mol. The van der Waals surface area contributed by atoms with Gasteiger partial charge in [0.05, 0.1) is 19.1 Å². The van der Waals surface area contributed by atoms with E-state index < -0.39 is 0 Å². The first kappa shape index (κ1) is 12.1. The summed E-state index contributed by atoms with van der Waals surface area (Å²) in [6.07, 6.45) is 3.73. The normalized spacial score (nSPS) is 23.8. The highest BCUT2D eigenvalue weighted by Gasteiger charge is 2.33. The molecule has 2 heterocycles. The molecule has 0 radical (unpaired) electrons. The zero-order valence-corrected chi connectivity index (χ0v) is 10.0. The van der Waals surface area contributed by atoms with Crippen molar-refractivity contribution in [2.75, 3.05) is 19.8 Å². The molecule has 0 aliphatic carbocycles. The predicted octanol–water partition coefficient (Wildman–Crippen LogP) is 0.255. The van der Waals surface area contributed by atoms with E-state index in [4.69, 9.17) is 4.74 Å². The summed E-state index contributed by atoms with van der Waals surface area (Å²) in [5, 5.41) is 6.21. The van der Waals surface area contributed by atoms with E-state index in [1.54, 1.807) is 0 Å². The van der Waals surface area contributed by atoms with Crippen LogP contribution in [0.2, 0.25) is 0 Å². The summed E-state index contributed by atoms with van der Waals surface area (Å²) < 4.78 is 5.35. The van der Waals surface area contributed by atoms with Gasteiger partial charge in [-0.3, -0.25) is 4.79 Å². The number of ether oxygens (including phenoxy) is 1. The Labute approximate surface area is 101 Å². The fraction of sp³-hybridized carbons (Fsp3) is 0.583. The summed E-state index contributed by atoms with van der Waals surface area (Å²) >= 11 is 0. The smallest absolute Gasteiger partial charge is 0.227 e. The second kappa shape index (κ2) is 5.84. The summed E-state index contributed by atoms with van der Waals surface area (Å²) in [5.41, 5.74) is 1.08. The van der Waals surface area contributed by atoms with Crippen molar-refractivity contribution in [3.05, 3.63) is 24.0 Å². The molecule has 1 saturated heterocycles. The lowest BCUT2D eigenvalue weighted by molar-refractivity contribution is -0.125. The fourth-order valence-electron chi connectivity index (χ4n) is 2.06. The van der Waals surface area contributed by atoms with Gasteiger partial charge in [0.2, 0.25) is 5.91 Å². The second-order valence-corrected chi connectivity index (χ2v) is 4.25. The number of amides is 1. The summed E-state index contributed by atoms with van der Waals surface area (Å²) in [7, 11) is 0. The first-order valence-electron chi connectivity index (χ1n) is 6.01. The molecule has 1 aliphatic rings. The molecule has 0 bridgehead atoms. The van der Waals surface area contributed by atoms with Gasteiger partial charge in [0.25, 0.3) is 0 Å². The molecule has 5 nitrogen and oxygen atoms in total. The maximum atomic E-state index is 12.0. The van der Waals surface area contributed by atoms with Crippen molar-refractivity contribution in [1.29, 1.82) is 0 Å². The van der Waals surface area contributed by atoms with E-state index in [9.17, 15) is 4.79 Å². The molecule has 3 N–H and O–H groups in total. The van der Waals surface area contributed by atoms with Crippen molar-refractivity contribution in [3.63, 3.8) is 0 Å². The van der Waals surface area contributed by atoms with Gasteiger partial charge < -0.3 is 20.4 Å². The van der Waals surface area contributed by atoms with Crippen LogP contribution < -0.4 is 10.6 Å². The number of hydrogen-bond acceptors (Lipinski definition) is 3. The minimum atomic E-state index is -0.0751. The van der Waals surface area contributed by atoms with E-state index in [1.807, 2.05) is 25.4 Å². The fourth-order valence-corrected chi connectivity index (χ4v) is 2.06. The molecule has 1 amide bonds. The van der Waals surface area contributed by atoms with Gasteiger partial charge in [0.15, 0.2) is 0 Å². The zero-order valence-electron chi connectivity index (χ0n) is 10.0. The Hall–Kier alpha value is -1.33. The SMILES string of the molecule is CCNC1COCC1C(=O)NCc1cc[nH]c1. The Morgan fingerprint density at radius 3 is 3.18 bits per heavy atom. The van der Waals surface area contributed by atoms with Crippen molar-refractivity contribution < 1.29 is 9.53 Å². The van der Waals surface area contributed by atoms with Crippen molar-refractivity contribution >= 4 is 5.91 Å². The van der Waals surface area contributed by atoms with Crippen LogP contribution in [0.25, 0.3) is 0 Å². The van der Waals surface area contributed by atoms with E-state index in [0.717, 1.165) is 12.1 Å². The number of rotatable bonds is 5. The molecule has 2 atom stereocenters. The van der Waals surface area contributed by atoms with Crippen LogP contribution in [0.15, 0.2) is 18.5 Å². The standard InChI is InChI=1S/C12H19N3O2/c1-2-14-11-8-17-7-10(11)12(16)15-6-9-3-4-13-5-9/h3-5,10-11,13-14H,2,6-8H2,1H3,(H,15,16). The summed E-state index contributed by atoms with van der Waals surface area (Å²) in [5.74, 6) is -0.0106. The zero-order chi connectivity index (χ0) is 12.1. The van der Waals surface area contributed by atoms with Gasteiger partial charge in [-0.1, -0.05) is 6.92 Å². The van der Waals surface area contributed by atoms with Gasteiger partial charge in [0.1, 0.15) is 0 Å². The lowest BCUT2D eigenvalue weighted by Crippen LogP contribution is -2.43. The van der Waals surface area contributed by atoms with Crippen LogP contribution in [0.1, 0.15) is 12.5 Å². The Bertz CT molecular complexity index is 351. The Kier molecular flexibility index (Phi) is 4.17. The van der Waals surface area contributed by atoms with Gasteiger partial charge in [0, 0.05) is 25.0 Å². The third-order valence-electron chi connectivity index (χ3n) is 3.01. The first-order chi connectivity index (χ1) is 8.31. The van der Waals surface area contributed by atoms with Gasteiger partial charge in [-0.2, -0.15) is 0 Å². The monoisotopic (exact) mass is 237 g/mol. The highest BCUT2D eigenvalue weighted by molar-refractivity contribution is 5.79. The van der Waals surface area contributed by atoms with Crippen LogP contribution in [-0.4, -0.2) is 36.7 Å². The summed E-state index contributed by atoms with van der Waals surface area (Å²) in [6.45, 7) is 4.59. The van der Waals surface area contributed by atoms with E-state index in [-0.39, 0.29) is 17.9 Å². The molecular weight excluding hydrogens is 218 g/mol. The van der Waals surface area contributed by atoms with Crippen LogP contribution in [0.3, 0.4) is 0 Å². The number of aromatic nitrogens is 1. The van der Waals surface area contributed by atoms with Crippen LogP contribution in [-0.2, 0) is 16.1 Å². The topological polar surface area (TPSA) is 66.2 Å².